The Kier molecular flexibility index (Phi) is 4.96. The molecule has 2 aromatic rings. The summed E-state index contributed by atoms with van der Waals surface area (Å²) in [6.45, 7) is 2.57. The van der Waals surface area contributed by atoms with E-state index in [9.17, 15) is 14.6 Å². The van der Waals surface area contributed by atoms with Crippen molar-refractivity contribution in [3.8, 4) is 5.75 Å². The van der Waals surface area contributed by atoms with E-state index >= 15 is 0 Å². The molecule has 2 N–H and O–H groups in total. The average Bonchev–Trinajstić information content (AvgIpc) is 3.16. The second-order valence-corrected chi connectivity index (χ2v) is 7.99. The van der Waals surface area contributed by atoms with E-state index in [-0.39, 0.29) is 5.75 Å². The molecular weight excluding hydrogens is 329 g/mol. The van der Waals surface area contributed by atoms with Crippen LogP contribution in [0.25, 0.3) is 0 Å². The first-order valence-electron chi connectivity index (χ1n) is 9.51. The van der Waals surface area contributed by atoms with Crippen molar-refractivity contribution in [2.24, 2.45) is 17.8 Å². The summed E-state index contributed by atoms with van der Waals surface area (Å²) in [6.07, 6.45) is 2.98. The van der Waals surface area contributed by atoms with Crippen LogP contribution in [0.4, 0.5) is 4.39 Å². The van der Waals surface area contributed by atoms with Crippen molar-refractivity contribution in [2.75, 3.05) is 19.6 Å². The van der Waals surface area contributed by atoms with Crippen LogP contribution in [0.1, 0.15) is 30.1 Å². The summed E-state index contributed by atoms with van der Waals surface area (Å²) in [4.78, 5) is 2.31. The number of phenols is 1. The number of phenolic OH excluding ortho intramolecular Hbond substituents is 1. The van der Waals surface area contributed by atoms with E-state index in [0.717, 1.165) is 19.0 Å². The third-order valence-electron chi connectivity index (χ3n) is 6.08. The quantitative estimate of drug-likeness (QED) is 0.858. The highest BCUT2D eigenvalue weighted by molar-refractivity contribution is 5.29. The molecule has 1 aliphatic heterocycles. The van der Waals surface area contributed by atoms with Gasteiger partial charge in [-0.1, -0.05) is 36.4 Å². The zero-order valence-corrected chi connectivity index (χ0v) is 14.9. The van der Waals surface area contributed by atoms with Gasteiger partial charge in [0.1, 0.15) is 0 Å². The zero-order valence-electron chi connectivity index (χ0n) is 14.9. The predicted molar refractivity (Wildman–Crippen MR) is 99.3 cm³/mol. The first kappa shape index (κ1) is 17.5. The van der Waals surface area contributed by atoms with Crippen LogP contribution in [0.3, 0.4) is 0 Å². The molecular formula is C22H26FNO2. The molecule has 1 heterocycles. The summed E-state index contributed by atoms with van der Waals surface area (Å²) in [5.41, 5.74) is 1.96. The van der Waals surface area contributed by atoms with Crippen molar-refractivity contribution in [3.05, 3.63) is 65.5 Å². The second kappa shape index (κ2) is 7.37. The van der Waals surface area contributed by atoms with Gasteiger partial charge in [-0.15, -0.1) is 0 Å². The Morgan fingerprint density at radius 1 is 1.04 bits per heavy atom. The number of hydrogen-bond donors (Lipinski definition) is 2. The number of nitrogens with zero attached hydrogens (tertiary/aromatic N) is 1. The monoisotopic (exact) mass is 355 g/mol. The molecule has 0 aromatic heterocycles. The maximum absolute atomic E-state index is 13.5. The van der Waals surface area contributed by atoms with Gasteiger partial charge < -0.3 is 10.2 Å². The van der Waals surface area contributed by atoms with Gasteiger partial charge in [-0.3, -0.25) is 4.90 Å². The highest BCUT2D eigenvalue weighted by atomic mass is 19.1. The number of hydrogen-bond acceptors (Lipinski definition) is 3. The Hall–Kier alpha value is -1.91. The van der Waals surface area contributed by atoms with E-state index in [1.165, 1.54) is 37.0 Å². The van der Waals surface area contributed by atoms with Crippen molar-refractivity contribution < 1.29 is 14.6 Å². The minimum Gasteiger partial charge on any atom is -0.505 e. The number of likely N-dealkylation sites (tertiary alicyclic amines) is 1. The second-order valence-electron chi connectivity index (χ2n) is 7.99. The summed E-state index contributed by atoms with van der Waals surface area (Å²) < 4.78 is 13.5. The lowest BCUT2D eigenvalue weighted by Crippen LogP contribution is -2.28. The maximum atomic E-state index is 13.5. The summed E-state index contributed by atoms with van der Waals surface area (Å²) in [7, 11) is 0. The zero-order chi connectivity index (χ0) is 18.1. The summed E-state index contributed by atoms with van der Waals surface area (Å²) in [6, 6.07) is 14.8. The van der Waals surface area contributed by atoms with E-state index in [0.29, 0.717) is 23.9 Å². The maximum Gasteiger partial charge on any atom is 0.165 e. The Bertz CT molecular complexity index is 737. The lowest BCUT2D eigenvalue weighted by Gasteiger charge is -2.22. The summed E-state index contributed by atoms with van der Waals surface area (Å²) in [5, 5.41) is 19.7. The van der Waals surface area contributed by atoms with Crippen molar-refractivity contribution in [3.63, 3.8) is 0 Å². The number of aliphatic hydroxyl groups is 1. The van der Waals surface area contributed by atoms with Gasteiger partial charge >= 0.3 is 0 Å². The van der Waals surface area contributed by atoms with Crippen LogP contribution in [0.15, 0.2) is 48.5 Å². The molecule has 0 spiro atoms. The van der Waals surface area contributed by atoms with Crippen LogP contribution < -0.4 is 0 Å². The number of benzene rings is 2. The Morgan fingerprint density at radius 3 is 2.38 bits per heavy atom. The fourth-order valence-electron chi connectivity index (χ4n) is 4.87. The molecule has 3 nitrogen and oxygen atoms in total. The van der Waals surface area contributed by atoms with Gasteiger partial charge in [-0.05, 0) is 60.3 Å². The highest BCUT2D eigenvalue weighted by Crippen LogP contribution is 2.43. The van der Waals surface area contributed by atoms with Crippen LogP contribution in [-0.4, -0.2) is 34.7 Å². The number of aliphatic hydroxyl groups excluding tert-OH is 1. The van der Waals surface area contributed by atoms with Gasteiger partial charge in [0.15, 0.2) is 11.6 Å². The Morgan fingerprint density at radius 2 is 1.73 bits per heavy atom. The first-order chi connectivity index (χ1) is 12.6. The molecule has 1 saturated carbocycles. The standard InChI is InChI=1S/C22H26FNO2/c23-20-11-17(6-7-21(20)25)22(26)14-24-12-18-9-16(10-19(18)13-24)8-15-4-2-1-3-5-15/h1-7,11,16,18-19,22,25-26H,8-10,12-14H2/t16-,18+,19-,22?. The molecule has 4 heteroatoms. The lowest BCUT2D eigenvalue weighted by atomic mass is 9.96. The molecule has 138 valence electrons. The molecule has 2 aliphatic rings. The number of aromatic hydroxyl groups is 1. The van der Waals surface area contributed by atoms with E-state index in [2.05, 4.69) is 35.2 Å². The van der Waals surface area contributed by atoms with E-state index in [4.69, 9.17) is 0 Å². The molecule has 0 radical (unpaired) electrons. The molecule has 0 amide bonds. The fourth-order valence-corrected chi connectivity index (χ4v) is 4.87. The average molecular weight is 355 g/mol. The Labute approximate surface area is 154 Å². The van der Waals surface area contributed by atoms with Crippen molar-refractivity contribution in [2.45, 2.75) is 25.4 Å². The van der Waals surface area contributed by atoms with Crippen molar-refractivity contribution in [1.82, 2.24) is 4.90 Å². The Balaban J connectivity index is 1.29. The highest BCUT2D eigenvalue weighted by Gasteiger charge is 2.40. The van der Waals surface area contributed by atoms with Gasteiger partial charge in [0, 0.05) is 19.6 Å². The molecule has 0 bridgehead atoms. The topological polar surface area (TPSA) is 43.7 Å². The molecule has 4 atom stereocenters. The van der Waals surface area contributed by atoms with E-state index in [1.807, 2.05) is 0 Å². The summed E-state index contributed by atoms with van der Waals surface area (Å²) in [5.74, 6) is 1.15. The smallest absolute Gasteiger partial charge is 0.165 e. The van der Waals surface area contributed by atoms with Crippen LogP contribution >= 0.6 is 0 Å². The predicted octanol–water partition coefficient (Wildman–Crippen LogP) is 3.77. The fraction of sp³-hybridized carbons (Fsp3) is 0.455. The molecule has 1 unspecified atom stereocenters. The number of β-amino-alcohol motifs (C(OH)–C–C–N with tert-alkyl or cyclic N) is 1. The van der Waals surface area contributed by atoms with E-state index in [1.54, 1.807) is 6.07 Å². The number of rotatable bonds is 5. The molecule has 4 rings (SSSR count). The minimum absolute atomic E-state index is 0.374. The molecule has 2 fully saturated rings. The summed E-state index contributed by atoms with van der Waals surface area (Å²) >= 11 is 0. The largest absolute Gasteiger partial charge is 0.505 e. The number of halogens is 1. The third kappa shape index (κ3) is 3.76. The van der Waals surface area contributed by atoms with Crippen LogP contribution in [0, 0.1) is 23.6 Å². The SMILES string of the molecule is Oc1ccc(C(O)CN2C[C@H]3C[C@H](Cc4ccccc4)C[C@H]3C2)cc1F. The third-order valence-corrected chi connectivity index (χ3v) is 6.08. The molecule has 1 aliphatic carbocycles. The van der Waals surface area contributed by atoms with E-state index < -0.39 is 11.9 Å². The molecule has 1 saturated heterocycles. The normalized spacial score (nSPS) is 26.8. The van der Waals surface area contributed by atoms with Gasteiger partial charge in [-0.25, -0.2) is 4.39 Å². The van der Waals surface area contributed by atoms with Crippen LogP contribution in [-0.2, 0) is 6.42 Å². The lowest BCUT2D eigenvalue weighted by molar-refractivity contribution is 0.120. The number of fused-ring (bicyclic) bond motifs is 1. The van der Waals surface area contributed by atoms with Crippen molar-refractivity contribution in [1.29, 1.82) is 0 Å². The van der Waals surface area contributed by atoms with Crippen LogP contribution in [0.5, 0.6) is 5.75 Å². The molecule has 26 heavy (non-hydrogen) atoms. The van der Waals surface area contributed by atoms with Crippen LogP contribution in [0.2, 0.25) is 0 Å². The molecule has 2 aromatic carbocycles. The van der Waals surface area contributed by atoms with Gasteiger partial charge in [-0.2, -0.15) is 0 Å². The minimum atomic E-state index is -0.718. The van der Waals surface area contributed by atoms with Gasteiger partial charge in [0.05, 0.1) is 6.10 Å². The first-order valence-corrected chi connectivity index (χ1v) is 9.51. The van der Waals surface area contributed by atoms with Gasteiger partial charge in [0.25, 0.3) is 0 Å². The van der Waals surface area contributed by atoms with Crippen molar-refractivity contribution >= 4 is 0 Å². The van der Waals surface area contributed by atoms with Gasteiger partial charge in [0.2, 0.25) is 0 Å².